The molecule has 0 spiro atoms. The molecule has 0 atom stereocenters. The predicted molar refractivity (Wildman–Crippen MR) is 61.6 cm³/mol. The predicted octanol–water partition coefficient (Wildman–Crippen LogP) is -0.242. The summed E-state index contributed by atoms with van der Waals surface area (Å²) >= 11 is 0. The molecule has 5 nitrogen and oxygen atoms in total. The number of carbonyl (C=O) groups is 2. The van der Waals surface area contributed by atoms with Crippen LogP contribution in [0.5, 0.6) is 0 Å². The van der Waals surface area contributed by atoms with E-state index >= 15 is 0 Å². The Morgan fingerprint density at radius 1 is 1.06 bits per heavy atom. The Labute approximate surface area is 96.1 Å². The molecule has 0 aromatic carbocycles. The molecule has 1 aliphatic carbocycles. The molecule has 0 unspecified atom stereocenters. The zero-order valence-electron chi connectivity index (χ0n) is 9.63. The van der Waals surface area contributed by atoms with E-state index in [1.165, 1.54) is 19.3 Å². The molecule has 16 heavy (non-hydrogen) atoms. The Morgan fingerprint density at radius 2 is 1.69 bits per heavy atom. The number of carbonyl (C=O) groups excluding carboxylic acids is 2. The molecule has 0 radical (unpaired) electrons. The highest BCUT2D eigenvalue weighted by atomic mass is 16.2. The molecule has 1 fully saturated rings. The summed E-state index contributed by atoms with van der Waals surface area (Å²) in [4.78, 5) is 22.5. The van der Waals surface area contributed by atoms with Gasteiger partial charge < -0.3 is 16.4 Å². The second-order valence-electron chi connectivity index (χ2n) is 4.26. The molecule has 0 aromatic rings. The van der Waals surface area contributed by atoms with Crippen LogP contribution in [0, 0.1) is 5.92 Å². The van der Waals surface area contributed by atoms with Gasteiger partial charge in [0.1, 0.15) is 0 Å². The van der Waals surface area contributed by atoms with Crippen molar-refractivity contribution in [2.75, 3.05) is 19.6 Å². The standard InChI is InChI=1S/C11H21N3O2/c12-6-7-13-10(15)11(16)14-8-9-4-2-1-3-5-9/h9H,1-8,12H2,(H,13,15)(H,14,16). The maximum Gasteiger partial charge on any atom is 0.309 e. The summed E-state index contributed by atoms with van der Waals surface area (Å²) in [6.45, 7) is 1.31. The minimum atomic E-state index is -0.582. The molecule has 0 aromatic heterocycles. The Morgan fingerprint density at radius 3 is 2.31 bits per heavy atom. The molecule has 1 aliphatic rings. The number of hydrogen-bond donors (Lipinski definition) is 3. The molecule has 0 bridgehead atoms. The number of nitrogens with two attached hydrogens (primary N) is 1. The summed E-state index contributed by atoms with van der Waals surface area (Å²) in [5.41, 5.74) is 5.22. The fraction of sp³-hybridized carbons (Fsp3) is 0.818. The normalized spacial score (nSPS) is 16.8. The molecule has 1 saturated carbocycles. The average Bonchev–Trinajstić information content (AvgIpc) is 2.34. The SMILES string of the molecule is NCCNC(=O)C(=O)NCC1CCCCC1. The van der Waals surface area contributed by atoms with Crippen molar-refractivity contribution in [2.24, 2.45) is 11.7 Å². The summed E-state index contributed by atoms with van der Waals surface area (Å²) in [6, 6.07) is 0. The maximum atomic E-state index is 11.3. The lowest BCUT2D eigenvalue weighted by Gasteiger charge is -2.21. The van der Waals surface area contributed by atoms with Gasteiger partial charge in [0.2, 0.25) is 0 Å². The highest BCUT2D eigenvalue weighted by Crippen LogP contribution is 2.22. The van der Waals surface area contributed by atoms with Gasteiger partial charge >= 0.3 is 11.8 Å². The first-order valence-corrected chi connectivity index (χ1v) is 6.00. The molecule has 0 aliphatic heterocycles. The van der Waals surface area contributed by atoms with Gasteiger partial charge in [-0.2, -0.15) is 0 Å². The lowest BCUT2D eigenvalue weighted by atomic mass is 9.89. The third kappa shape index (κ3) is 4.61. The van der Waals surface area contributed by atoms with Crippen molar-refractivity contribution in [2.45, 2.75) is 32.1 Å². The fourth-order valence-corrected chi connectivity index (χ4v) is 1.97. The van der Waals surface area contributed by atoms with E-state index in [0.29, 0.717) is 25.6 Å². The average molecular weight is 227 g/mol. The molecule has 1 rings (SSSR count). The minimum absolute atomic E-state index is 0.343. The lowest BCUT2D eigenvalue weighted by Crippen LogP contribution is -2.43. The van der Waals surface area contributed by atoms with E-state index in [0.717, 1.165) is 12.8 Å². The van der Waals surface area contributed by atoms with Gasteiger partial charge in [-0.05, 0) is 18.8 Å². The van der Waals surface area contributed by atoms with Crippen molar-refractivity contribution in [3.8, 4) is 0 Å². The van der Waals surface area contributed by atoms with Crippen LogP contribution < -0.4 is 16.4 Å². The minimum Gasteiger partial charge on any atom is -0.348 e. The maximum absolute atomic E-state index is 11.3. The van der Waals surface area contributed by atoms with Crippen molar-refractivity contribution < 1.29 is 9.59 Å². The molecule has 0 saturated heterocycles. The van der Waals surface area contributed by atoms with Crippen LogP contribution in [0.15, 0.2) is 0 Å². The molecule has 4 N–H and O–H groups in total. The smallest absolute Gasteiger partial charge is 0.309 e. The van der Waals surface area contributed by atoms with Crippen molar-refractivity contribution in [3.63, 3.8) is 0 Å². The second-order valence-corrected chi connectivity index (χ2v) is 4.26. The van der Waals surface area contributed by atoms with Crippen molar-refractivity contribution in [3.05, 3.63) is 0 Å². The summed E-state index contributed by atoms with van der Waals surface area (Å²) in [6.07, 6.45) is 6.08. The fourth-order valence-electron chi connectivity index (χ4n) is 1.97. The van der Waals surface area contributed by atoms with Crippen LogP contribution in [-0.4, -0.2) is 31.4 Å². The zero-order chi connectivity index (χ0) is 11.8. The van der Waals surface area contributed by atoms with Crippen LogP contribution in [0.2, 0.25) is 0 Å². The molecule has 0 heterocycles. The number of rotatable bonds is 4. The largest absolute Gasteiger partial charge is 0.348 e. The third-order valence-corrected chi connectivity index (χ3v) is 2.91. The number of nitrogens with one attached hydrogen (secondary N) is 2. The van der Waals surface area contributed by atoms with Crippen LogP contribution in [-0.2, 0) is 9.59 Å². The third-order valence-electron chi connectivity index (χ3n) is 2.91. The van der Waals surface area contributed by atoms with Crippen LogP contribution in [0.4, 0.5) is 0 Å². The highest BCUT2D eigenvalue weighted by Gasteiger charge is 2.17. The summed E-state index contributed by atoms with van der Waals surface area (Å²) < 4.78 is 0. The Bertz CT molecular complexity index is 237. The topological polar surface area (TPSA) is 84.2 Å². The van der Waals surface area contributed by atoms with E-state index < -0.39 is 11.8 Å². The van der Waals surface area contributed by atoms with E-state index in [4.69, 9.17) is 5.73 Å². The van der Waals surface area contributed by atoms with Gasteiger partial charge in [0.25, 0.3) is 0 Å². The first kappa shape index (κ1) is 13.0. The molecule has 2 amide bonds. The van der Waals surface area contributed by atoms with Gasteiger partial charge in [-0.3, -0.25) is 9.59 Å². The first-order chi connectivity index (χ1) is 7.74. The van der Waals surface area contributed by atoms with E-state index in [2.05, 4.69) is 10.6 Å². The van der Waals surface area contributed by atoms with Gasteiger partial charge in [0.05, 0.1) is 0 Å². The Hall–Kier alpha value is -1.10. The first-order valence-electron chi connectivity index (χ1n) is 6.00. The zero-order valence-corrected chi connectivity index (χ0v) is 9.63. The monoisotopic (exact) mass is 227 g/mol. The molecule has 92 valence electrons. The van der Waals surface area contributed by atoms with Crippen molar-refractivity contribution in [1.82, 2.24) is 10.6 Å². The number of hydrogen-bond acceptors (Lipinski definition) is 3. The Balaban J connectivity index is 2.15. The summed E-state index contributed by atoms with van der Waals surface area (Å²) in [5.74, 6) is -0.583. The van der Waals surface area contributed by atoms with Crippen LogP contribution in [0.3, 0.4) is 0 Å². The van der Waals surface area contributed by atoms with Gasteiger partial charge in [0, 0.05) is 19.6 Å². The molecule has 5 heteroatoms. The highest BCUT2D eigenvalue weighted by molar-refractivity contribution is 6.35. The van der Waals surface area contributed by atoms with Gasteiger partial charge in [0.15, 0.2) is 0 Å². The van der Waals surface area contributed by atoms with E-state index in [-0.39, 0.29) is 0 Å². The van der Waals surface area contributed by atoms with Crippen molar-refractivity contribution in [1.29, 1.82) is 0 Å². The number of amides is 2. The van der Waals surface area contributed by atoms with E-state index in [1.807, 2.05) is 0 Å². The van der Waals surface area contributed by atoms with Crippen LogP contribution in [0.1, 0.15) is 32.1 Å². The van der Waals surface area contributed by atoms with Gasteiger partial charge in [-0.15, -0.1) is 0 Å². The molecular weight excluding hydrogens is 206 g/mol. The summed E-state index contributed by atoms with van der Waals surface area (Å²) in [7, 11) is 0. The van der Waals surface area contributed by atoms with Gasteiger partial charge in [-0.1, -0.05) is 19.3 Å². The van der Waals surface area contributed by atoms with E-state index in [9.17, 15) is 9.59 Å². The van der Waals surface area contributed by atoms with Crippen LogP contribution in [0.25, 0.3) is 0 Å². The Kier molecular flexibility index (Phi) is 5.85. The summed E-state index contributed by atoms with van der Waals surface area (Å²) in [5, 5.41) is 5.11. The molecular formula is C11H21N3O2. The lowest BCUT2D eigenvalue weighted by molar-refractivity contribution is -0.139. The van der Waals surface area contributed by atoms with Gasteiger partial charge in [-0.25, -0.2) is 0 Å². The quantitative estimate of drug-likeness (QED) is 0.579. The van der Waals surface area contributed by atoms with E-state index in [1.54, 1.807) is 0 Å². The second kappa shape index (κ2) is 7.22. The van der Waals surface area contributed by atoms with Crippen molar-refractivity contribution >= 4 is 11.8 Å². The van der Waals surface area contributed by atoms with Crippen LogP contribution >= 0.6 is 0 Å².